The lowest BCUT2D eigenvalue weighted by Gasteiger charge is -2.19. The van der Waals surface area contributed by atoms with Gasteiger partial charge in [-0.1, -0.05) is 0 Å². The predicted molar refractivity (Wildman–Crippen MR) is 97.2 cm³/mol. The van der Waals surface area contributed by atoms with Crippen LogP contribution in [-0.2, 0) is 16.1 Å². The second-order valence-corrected chi connectivity index (χ2v) is 6.63. The molecule has 26 heavy (non-hydrogen) atoms. The monoisotopic (exact) mass is 372 g/mol. The topological polar surface area (TPSA) is 78.8 Å². The van der Waals surface area contributed by atoms with Crippen LogP contribution >= 0.6 is 11.3 Å². The molecule has 0 unspecified atom stereocenters. The molecule has 0 radical (unpaired) electrons. The Morgan fingerprint density at radius 1 is 1.19 bits per heavy atom. The molecule has 1 aromatic carbocycles. The number of thiophene rings is 1. The molecule has 0 aliphatic carbocycles. The number of carbonyl (C=O) groups excluding carboxylic acids is 2. The van der Waals surface area contributed by atoms with Gasteiger partial charge in [-0.05, 0) is 29.6 Å². The second-order valence-electron chi connectivity index (χ2n) is 5.68. The molecule has 3 aromatic rings. The molecular formula is C18H16N2O5S. The molecule has 2 aromatic heterocycles. The number of amides is 1. The maximum absolute atomic E-state index is 12.5. The summed E-state index contributed by atoms with van der Waals surface area (Å²) in [5.74, 6) is 0.536. The van der Waals surface area contributed by atoms with E-state index in [9.17, 15) is 9.59 Å². The van der Waals surface area contributed by atoms with E-state index in [4.69, 9.17) is 14.2 Å². The number of hydrogen-bond acceptors (Lipinski definition) is 6. The normalized spacial score (nSPS) is 12.8. The fraction of sp³-hybridized carbons (Fsp3) is 0.222. The third-order valence-electron chi connectivity index (χ3n) is 4.04. The van der Waals surface area contributed by atoms with E-state index in [1.165, 1.54) is 18.4 Å². The summed E-state index contributed by atoms with van der Waals surface area (Å²) in [6, 6.07) is 8.86. The van der Waals surface area contributed by atoms with Gasteiger partial charge in [-0.3, -0.25) is 4.79 Å². The molecule has 1 aliphatic heterocycles. The summed E-state index contributed by atoms with van der Waals surface area (Å²) in [5.41, 5.74) is 1.78. The van der Waals surface area contributed by atoms with Crippen molar-refractivity contribution in [3.63, 3.8) is 0 Å². The molecule has 0 spiro atoms. The Labute approximate surface area is 153 Å². The summed E-state index contributed by atoms with van der Waals surface area (Å²) < 4.78 is 18.4. The van der Waals surface area contributed by atoms with Gasteiger partial charge in [-0.2, -0.15) is 0 Å². The fourth-order valence-corrected chi connectivity index (χ4v) is 3.71. The van der Waals surface area contributed by atoms with Crippen LogP contribution in [0.3, 0.4) is 0 Å². The Hall–Kier alpha value is -3.00. The summed E-state index contributed by atoms with van der Waals surface area (Å²) in [5, 5.41) is 4.74. The smallest absolute Gasteiger partial charge is 0.354 e. The number of esters is 1. The third kappa shape index (κ3) is 2.99. The molecular weight excluding hydrogens is 356 g/mol. The first-order valence-corrected chi connectivity index (χ1v) is 8.88. The van der Waals surface area contributed by atoms with E-state index in [0.717, 1.165) is 10.2 Å². The standard InChI is InChI=1S/C18H16N2O5S/c1-23-18(22)13-9-16-12(4-7-26-16)20(13)10-17(21)19-11-2-3-14-15(8-11)25-6-5-24-14/h2-4,7-9H,5-6,10H2,1H3,(H,19,21). The zero-order chi connectivity index (χ0) is 18.1. The predicted octanol–water partition coefficient (Wildman–Crippen LogP) is 2.90. The lowest BCUT2D eigenvalue weighted by molar-refractivity contribution is -0.116. The maximum Gasteiger partial charge on any atom is 0.354 e. The van der Waals surface area contributed by atoms with Crippen molar-refractivity contribution in [2.24, 2.45) is 0 Å². The Morgan fingerprint density at radius 3 is 2.81 bits per heavy atom. The van der Waals surface area contributed by atoms with Crippen LogP contribution in [0.2, 0.25) is 0 Å². The Bertz CT molecular complexity index is 991. The molecule has 3 heterocycles. The number of nitrogens with zero attached hydrogens (tertiary/aromatic N) is 1. The van der Waals surface area contributed by atoms with Crippen LogP contribution in [-0.4, -0.2) is 36.8 Å². The minimum atomic E-state index is -0.472. The number of benzene rings is 1. The average molecular weight is 372 g/mol. The van der Waals surface area contributed by atoms with Gasteiger partial charge in [0.1, 0.15) is 25.5 Å². The molecule has 4 rings (SSSR count). The number of rotatable bonds is 4. The van der Waals surface area contributed by atoms with Crippen LogP contribution in [0.25, 0.3) is 10.2 Å². The van der Waals surface area contributed by atoms with Gasteiger partial charge in [0.05, 0.1) is 17.3 Å². The molecule has 0 saturated heterocycles. The highest BCUT2D eigenvalue weighted by atomic mass is 32.1. The highest BCUT2D eigenvalue weighted by Gasteiger charge is 2.19. The largest absolute Gasteiger partial charge is 0.486 e. The number of methoxy groups -OCH3 is 1. The number of carbonyl (C=O) groups is 2. The lowest BCUT2D eigenvalue weighted by atomic mass is 10.2. The lowest BCUT2D eigenvalue weighted by Crippen LogP contribution is -2.22. The highest BCUT2D eigenvalue weighted by molar-refractivity contribution is 7.17. The first-order chi connectivity index (χ1) is 12.7. The summed E-state index contributed by atoms with van der Waals surface area (Å²) in [6.07, 6.45) is 0. The summed E-state index contributed by atoms with van der Waals surface area (Å²) in [7, 11) is 1.32. The molecule has 0 saturated carbocycles. The van der Waals surface area contributed by atoms with Crippen LogP contribution in [0.4, 0.5) is 5.69 Å². The van der Waals surface area contributed by atoms with Crippen molar-refractivity contribution in [1.82, 2.24) is 4.57 Å². The van der Waals surface area contributed by atoms with E-state index in [1.807, 2.05) is 11.4 Å². The molecule has 1 amide bonds. The van der Waals surface area contributed by atoms with Crippen molar-refractivity contribution in [2.45, 2.75) is 6.54 Å². The van der Waals surface area contributed by atoms with E-state index in [2.05, 4.69) is 5.32 Å². The average Bonchev–Trinajstić information content (AvgIpc) is 3.23. The quantitative estimate of drug-likeness (QED) is 0.713. The van der Waals surface area contributed by atoms with Gasteiger partial charge in [0.25, 0.3) is 0 Å². The molecule has 0 fully saturated rings. The fourth-order valence-electron chi connectivity index (χ4n) is 2.89. The van der Waals surface area contributed by atoms with Crippen molar-refractivity contribution >= 4 is 39.1 Å². The first-order valence-electron chi connectivity index (χ1n) is 8.00. The number of fused-ring (bicyclic) bond motifs is 2. The van der Waals surface area contributed by atoms with Crippen molar-refractivity contribution in [2.75, 3.05) is 25.6 Å². The van der Waals surface area contributed by atoms with E-state index in [-0.39, 0.29) is 12.5 Å². The highest BCUT2D eigenvalue weighted by Crippen LogP contribution is 2.32. The molecule has 8 heteroatoms. The van der Waals surface area contributed by atoms with Crippen molar-refractivity contribution < 1.29 is 23.8 Å². The van der Waals surface area contributed by atoms with Gasteiger partial charge in [-0.15, -0.1) is 11.3 Å². The Balaban J connectivity index is 1.56. The minimum Gasteiger partial charge on any atom is -0.486 e. The number of nitrogens with one attached hydrogen (secondary N) is 1. The number of ether oxygens (including phenoxy) is 3. The van der Waals surface area contributed by atoms with E-state index in [0.29, 0.717) is 36.1 Å². The molecule has 1 N–H and O–H groups in total. The number of aromatic nitrogens is 1. The summed E-state index contributed by atoms with van der Waals surface area (Å²) in [6.45, 7) is 0.991. The van der Waals surface area contributed by atoms with Gasteiger partial charge in [0.15, 0.2) is 11.5 Å². The van der Waals surface area contributed by atoms with Crippen LogP contribution in [0.5, 0.6) is 11.5 Å². The SMILES string of the molecule is COC(=O)c1cc2sccc2n1CC(=O)Nc1ccc2c(c1)OCCO2. The zero-order valence-electron chi connectivity index (χ0n) is 14.0. The number of hydrogen-bond donors (Lipinski definition) is 1. The van der Waals surface area contributed by atoms with E-state index in [1.54, 1.807) is 28.8 Å². The van der Waals surface area contributed by atoms with Gasteiger partial charge in [0.2, 0.25) is 5.91 Å². The van der Waals surface area contributed by atoms with Gasteiger partial charge in [-0.25, -0.2) is 4.79 Å². The van der Waals surface area contributed by atoms with Crippen LogP contribution in [0.1, 0.15) is 10.5 Å². The van der Waals surface area contributed by atoms with Crippen molar-refractivity contribution in [1.29, 1.82) is 0 Å². The Kier molecular flexibility index (Phi) is 4.26. The van der Waals surface area contributed by atoms with Crippen molar-refractivity contribution in [3.8, 4) is 11.5 Å². The van der Waals surface area contributed by atoms with Crippen LogP contribution < -0.4 is 14.8 Å². The zero-order valence-corrected chi connectivity index (χ0v) is 14.8. The third-order valence-corrected chi connectivity index (χ3v) is 4.90. The molecule has 1 aliphatic rings. The van der Waals surface area contributed by atoms with Crippen LogP contribution in [0.15, 0.2) is 35.7 Å². The molecule has 0 atom stereocenters. The van der Waals surface area contributed by atoms with Gasteiger partial charge < -0.3 is 24.1 Å². The minimum absolute atomic E-state index is 0.000884. The molecule has 134 valence electrons. The molecule has 0 bridgehead atoms. The Morgan fingerprint density at radius 2 is 2.00 bits per heavy atom. The van der Waals surface area contributed by atoms with E-state index >= 15 is 0 Å². The maximum atomic E-state index is 12.5. The van der Waals surface area contributed by atoms with Gasteiger partial charge in [0, 0.05) is 11.8 Å². The molecule has 7 nitrogen and oxygen atoms in total. The number of anilines is 1. The van der Waals surface area contributed by atoms with Gasteiger partial charge >= 0.3 is 5.97 Å². The summed E-state index contributed by atoms with van der Waals surface area (Å²) >= 11 is 1.51. The second kappa shape index (κ2) is 6.72. The van der Waals surface area contributed by atoms with Crippen LogP contribution in [0, 0.1) is 0 Å². The first kappa shape index (κ1) is 16.5. The van der Waals surface area contributed by atoms with E-state index < -0.39 is 5.97 Å². The summed E-state index contributed by atoms with van der Waals surface area (Å²) in [4.78, 5) is 24.5. The van der Waals surface area contributed by atoms with Crippen molar-refractivity contribution in [3.05, 3.63) is 41.4 Å².